The predicted octanol–water partition coefficient (Wildman–Crippen LogP) is 4.94. The Morgan fingerprint density at radius 2 is 1.86 bits per heavy atom. The lowest BCUT2D eigenvalue weighted by Gasteiger charge is -2.00. The van der Waals surface area contributed by atoms with Crippen LogP contribution in [-0.4, -0.2) is 20.7 Å². The maximum atomic E-state index is 12.7. The summed E-state index contributed by atoms with van der Waals surface area (Å²) in [5.41, 5.74) is 6.74. The van der Waals surface area contributed by atoms with E-state index in [1.54, 1.807) is 12.1 Å². The minimum Gasteiger partial charge on any atom is -0.358 e. The molecule has 136 valence electrons. The summed E-state index contributed by atoms with van der Waals surface area (Å²) >= 11 is 0. The first-order valence-electron chi connectivity index (χ1n) is 8.93. The number of nitrogens with zero attached hydrogens (tertiary/aromatic N) is 2. The van der Waals surface area contributed by atoms with E-state index in [4.69, 9.17) is 10.2 Å². The van der Waals surface area contributed by atoms with Crippen molar-refractivity contribution in [2.24, 2.45) is 0 Å². The Labute approximate surface area is 162 Å². The molecule has 5 heteroatoms. The largest absolute Gasteiger partial charge is 0.358 e. The van der Waals surface area contributed by atoms with E-state index >= 15 is 0 Å². The van der Waals surface area contributed by atoms with Gasteiger partial charge in [0, 0.05) is 34.2 Å². The van der Waals surface area contributed by atoms with Crippen molar-refractivity contribution >= 4 is 22.9 Å². The fourth-order valence-electron chi connectivity index (χ4n) is 3.44. The molecule has 0 aliphatic heterocycles. The Hall–Kier alpha value is -3.91. The molecule has 0 aliphatic carbocycles. The van der Waals surface area contributed by atoms with Crippen LogP contribution in [0.3, 0.4) is 0 Å². The zero-order valence-electron chi connectivity index (χ0n) is 15.6. The smallest absolute Gasteiger partial charge is 0.193 e. The van der Waals surface area contributed by atoms with E-state index in [9.17, 15) is 4.79 Å². The third-order valence-electron chi connectivity index (χ3n) is 4.82. The number of allylic oxidation sites excluding steroid dienone is 1. The molecule has 2 heterocycles. The summed E-state index contributed by atoms with van der Waals surface area (Å²) in [6.45, 7) is 3.97. The minimum absolute atomic E-state index is 0.0171. The first-order chi connectivity index (χ1) is 13.6. The van der Waals surface area contributed by atoms with Gasteiger partial charge in [0.15, 0.2) is 5.78 Å². The molecule has 2 N–H and O–H groups in total. The molecule has 2 aromatic heterocycles. The summed E-state index contributed by atoms with van der Waals surface area (Å²) in [5.74, 6) is 0.721. The van der Waals surface area contributed by atoms with Gasteiger partial charge in [-0.1, -0.05) is 30.3 Å². The van der Waals surface area contributed by atoms with Gasteiger partial charge in [0.05, 0.1) is 17.1 Å². The van der Waals surface area contributed by atoms with E-state index in [1.165, 1.54) is 6.08 Å². The predicted molar refractivity (Wildman–Crippen MR) is 110 cm³/mol. The maximum Gasteiger partial charge on any atom is 0.193 e. The fraction of sp³-hybridized carbons (Fsp3) is 0.0870. The number of H-pyrrole nitrogens is 2. The molecular weight excluding hydrogens is 348 g/mol. The molecule has 0 unspecified atom stereocenters. The first kappa shape index (κ1) is 17.5. The molecule has 0 saturated carbocycles. The fourth-order valence-corrected chi connectivity index (χ4v) is 3.44. The maximum absolute atomic E-state index is 12.7. The van der Waals surface area contributed by atoms with Crippen LogP contribution in [0.1, 0.15) is 32.9 Å². The van der Waals surface area contributed by atoms with Crippen molar-refractivity contribution in [1.29, 1.82) is 5.26 Å². The molecule has 0 aliphatic rings. The lowest BCUT2D eigenvalue weighted by molar-refractivity contribution is 0.103. The number of rotatable bonds is 4. The van der Waals surface area contributed by atoms with Crippen molar-refractivity contribution in [3.05, 3.63) is 82.7 Å². The number of aryl methyl sites for hydroxylation is 1. The molecule has 4 aromatic rings. The van der Waals surface area contributed by atoms with Gasteiger partial charge in [0.1, 0.15) is 5.82 Å². The van der Waals surface area contributed by atoms with E-state index in [0.717, 1.165) is 39.4 Å². The van der Waals surface area contributed by atoms with Crippen LogP contribution in [0.25, 0.3) is 28.5 Å². The Kier molecular flexibility index (Phi) is 4.38. The lowest BCUT2D eigenvalue weighted by Crippen LogP contribution is -2.00. The molecule has 0 atom stereocenters. The van der Waals surface area contributed by atoms with Crippen molar-refractivity contribution in [2.75, 3.05) is 0 Å². The van der Waals surface area contributed by atoms with Crippen LogP contribution in [0.4, 0.5) is 0 Å². The Bertz CT molecular complexity index is 1250. The first-order valence-corrected chi connectivity index (χ1v) is 8.93. The summed E-state index contributed by atoms with van der Waals surface area (Å²) in [6.07, 6.45) is 3.20. The Morgan fingerprint density at radius 1 is 1.07 bits per heavy atom. The van der Waals surface area contributed by atoms with Crippen LogP contribution in [0.2, 0.25) is 0 Å². The number of carbonyl (C=O) groups excluding carboxylic acids is 1. The Morgan fingerprint density at radius 3 is 2.61 bits per heavy atom. The lowest BCUT2D eigenvalue weighted by atomic mass is 10.0. The average Bonchev–Trinajstić information content (AvgIpc) is 3.25. The van der Waals surface area contributed by atoms with Crippen LogP contribution in [0.5, 0.6) is 0 Å². The van der Waals surface area contributed by atoms with Crippen molar-refractivity contribution in [3.8, 4) is 17.5 Å². The molecule has 0 fully saturated rings. The van der Waals surface area contributed by atoms with Crippen LogP contribution in [-0.2, 0) is 0 Å². The number of fused-ring (bicyclic) bond motifs is 1. The van der Waals surface area contributed by atoms with E-state index in [-0.39, 0.29) is 5.78 Å². The quantitative estimate of drug-likeness (QED) is 0.396. The van der Waals surface area contributed by atoms with E-state index in [0.29, 0.717) is 11.1 Å². The molecular formula is C23H18N4O. The number of benzene rings is 2. The highest BCUT2D eigenvalue weighted by Crippen LogP contribution is 2.30. The van der Waals surface area contributed by atoms with Crippen molar-refractivity contribution < 1.29 is 4.79 Å². The molecule has 28 heavy (non-hydrogen) atoms. The summed E-state index contributed by atoms with van der Waals surface area (Å²) in [7, 11) is 0. The number of imidazole rings is 1. The van der Waals surface area contributed by atoms with E-state index in [2.05, 4.69) is 9.97 Å². The summed E-state index contributed by atoms with van der Waals surface area (Å²) in [5, 5.41) is 8.76. The summed E-state index contributed by atoms with van der Waals surface area (Å²) < 4.78 is 0. The monoisotopic (exact) mass is 366 g/mol. The van der Waals surface area contributed by atoms with E-state index < -0.39 is 0 Å². The normalized spacial score (nSPS) is 11.2. The van der Waals surface area contributed by atoms with Gasteiger partial charge in [-0.25, -0.2) is 4.98 Å². The van der Waals surface area contributed by atoms with Gasteiger partial charge in [-0.2, -0.15) is 5.26 Å². The molecule has 2 aromatic carbocycles. The molecule has 0 amide bonds. The molecule has 0 bridgehead atoms. The number of aromatic amines is 2. The van der Waals surface area contributed by atoms with Gasteiger partial charge in [-0.3, -0.25) is 4.79 Å². The zero-order chi connectivity index (χ0) is 19.7. The zero-order valence-corrected chi connectivity index (χ0v) is 15.6. The molecule has 0 radical (unpaired) electrons. The number of nitrogens with one attached hydrogen (secondary N) is 2. The summed E-state index contributed by atoms with van der Waals surface area (Å²) in [6, 6.07) is 16.7. The standard InChI is InChI=1S/C23H18N4O/c1-14-18(9-6-12-24)25-15(2)21(14)23-26-19-11-10-17(13-20(19)27-23)22(28)16-7-4-3-5-8-16/h3-11,13,25H,1-2H3,(H,26,27)/b9-6+. The Balaban J connectivity index is 1.76. The second kappa shape index (κ2) is 7.01. The summed E-state index contributed by atoms with van der Waals surface area (Å²) in [4.78, 5) is 24.0. The number of aromatic nitrogens is 3. The van der Waals surface area contributed by atoms with Crippen molar-refractivity contribution in [1.82, 2.24) is 15.0 Å². The second-order valence-corrected chi connectivity index (χ2v) is 6.64. The SMILES string of the molecule is Cc1[nH]c(/C=C/C#N)c(C)c1-c1nc2ccc(C(=O)c3ccccc3)cc2[nH]1. The number of hydrogen-bond acceptors (Lipinski definition) is 3. The average molecular weight is 366 g/mol. The number of nitriles is 1. The highest BCUT2D eigenvalue weighted by molar-refractivity contribution is 6.10. The number of carbonyl (C=O) groups is 1. The number of ketones is 1. The second-order valence-electron chi connectivity index (χ2n) is 6.64. The van der Waals surface area contributed by atoms with Crippen LogP contribution >= 0.6 is 0 Å². The van der Waals surface area contributed by atoms with Gasteiger partial charge in [0.25, 0.3) is 0 Å². The van der Waals surface area contributed by atoms with Gasteiger partial charge >= 0.3 is 0 Å². The minimum atomic E-state index is -0.0171. The molecule has 5 nitrogen and oxygen atoms in total. The third-order valence-corrected chi connectivity index (χ3v) is 4.82. The topological polar surface area (TPSA) is 85.3 Å². The van der Waals surface area contributed by atoms with Gasteiger partial charge in [-0.15, -0.1) is 0 Å². The van der Waals surface area contributed by atoms with Gasteiger partial charge in [0.2, 0.25) is 0 Å². The van der Waals surface area contributed by atoms with Gasteiger partial charge in [-0.05, 0) is 43.7 Å². The molecule has 4 rings (SSSR count). The van der Waals surface area contributed by atoms with Crippen LogP contribution in [0.15, 0.2) is 54.6 Å². The van der Waals surface area contributed by atoms with Gasteiger partial charge < -0.3 is 9.97 Å². The third kappa shape index (κ3) is 3.01. The van der Waals surface area contributed by atoms with Crippen LogP contribution < -0.4 is 0 Å². The van der Waals surface area contributed by atoms with Crippen molar-refractivity contribution in [2.45, 2.75) is 13.8 Å². The molecule has 0 saturated heterocycles. The molecule has 0 spiro atoms. The highest BCUT2D eigenvalue weighted by Gasteiger charge is 2.16. The van der Waals surface area contributed by atoms with E-state index in [1.807, 2.05) is 62.4 Å². The van der Waals surface area contributed by atoms with Crippen LogP contribution in [0, 0.1) is 25.2 Å². The number of hydrogen-bond donors (Lipinski definition) is 2. The van der Waals surface area contributed by atoms with Crippen molar-refractivity contribution in [3.63, 3.8) is 0 Å². The highest BCUT2D eigenvalue weighted by atomic mass is 16.1.